The molecule has 3 rings (SSSR count). The maximum Gasteiger partial charge on any atom is 0.224 e. The van der Waals surface area contributed by atoms with E-state index < -0.39 is 0 Å². The standard InChI is InChI=1S/C16H17N3O2/c1-18(12-14-6-4-10-21-14)16(20)8-9-19-15-7-3-2-5-13(15)11-17-19/h2-7,10-11H,8-9,12H2,1H3. The Morgan fingerprint density at radius 3 is 2.95 bits per heavy atom. The van der Waals surface area contributed by atoms with Crippen molar-refractivity contribution in [2.45, 2.75) is 19.5 Å². The number of hydrogen-bond donors (Lipinski definition) is 0. The summed E-state index contributed by atoms with van der Waals surface area (Å²) in [7, 11) is 1.78. The van der Waals surface area contributed by atoms with E-state index in [9.17, 15) is 4.79 Å². The van der Waals surface area contributed by atoms with Gasteiger partial charge in [-0.3, -0.25) is 9.48 Å². The van der Waals surface area contributed by atoms with Crippen molar-refractivity contribution >= 4 is 16.8 Å². The van der Waals surface area contributed by atoms with E-state index in [-0.39, 0.29) is 5.91 Å². The summed E-state index contributed by atoms with van der Waals surface area (Å²) < 4.78 is 7.12. The van der Waals surface area contributed by atoms with Crippen LogP contribution in [0.3, 0.4) is 0 Å². The van der Waals surface area contributed by atoms with E-state index in [2.05, 4.69) is 5.10 Å². The van der Waals surface area contributed by atoms with Crippen molar-refractivity contribution in [1.29, 1.82) is 0 Å². The smallest absolute Gasteiger partial charge is 0.224 e. The molecule has 0 spiro atoms. The van der Waals surface area contributed by atoms with Crippen LogP contribution in [0.25, 0.3) is 10.9 Å². The first kappa shape index (κ1) is 13.4. The van der Waals surface area contributed by atoms with Crippen LogP contribution in [0.1, 0.15) is 12.2 Å². The Morgan fingerprint density at radius 1 is 1.29 bits per heavy atom. The second-order valence-electron chi connectivity index (χ2n) is 5.01. The van der Waals surface area contributed by atoms with Crippen LogP contribution in [0.2, 0.25) is 0 Å². The summed E-state index contributed by atoms with van der Waals surface area (Å²) in [6.07, 6.45) is 3.86. The Kier molecular flexibility index (Phi) is 3.73. The molecule has 0 aliphatic rings. The minimum absolute atomic E-state index is 0.0750. The highest BCUT2D eigenvalue weighted by atomic mass is 16.3. The van der Waals surface area contributed by atoms with Crippen LogP contribution in [0.5, 0.6) is 0 Å². The molecule has 108 valence electrons. The fourth-order valence-electron chi connectivity index (χ4n) is 2.32. The number of aryl methyl sites for hydroxylation is 1. The molecule has 1 aromatic carbocycles. The van der Waals surface area contributed by atoms with Gasteiger partial charge in [-0.05, 0) is 18.2 Å². The van der Waals surface area contributed by atoms with Gasteiger partial charge in [-0.2, -0.15) is 5.10 Å². The molecule has 0 fully saturated rings. The SMILES string of the molecule is CN(Cc1ccco1)C(=O)CCn1ncc2ccccc21. The van der Waals surface area contributed by atoms with Crippen molar-refractivity contribution in [2.75, 3.05) is 7.05 Å². The van der Waals surface area contributed by atoms with E-state index in [0.717, 1.165) is 16.7 Å². The number of hydrogen-bond acceptors (Lipinski definition) is 3. The number of fused-ring (bicyclic) bond motifs is 1. The molecule has 0 aliphatic carbocycles. The van der Waals surface area contributed by atoms with Crippen LogP contribution in [-0.4, -0.2) is 27.6 Å². The van der Waals surface area contributed by atoms with Crippen molar-refractivity contribution in [3.63, 3.8) is 0 Å². The number of carbonyl (C=O) groups excluding carboxylic acids is 1. The minimum atomic E-state index is 0.0750. The van der Waals surface area contributed by atoms with E-state index >= 15 is 0 Å². The van der Waals surface area contributed by atoms with Crippen molar-refractivity contribution in [2.24, 2.45) is 0 Å². The fraction of sp³-hybridized carbons (Fsp3) is 0.250. The van der Waals surface area contributed by atoms with Crippen LogP contribution in [0.15, 0.2) is 53.3 Å². The molecule has 0 atom stereocenters. The molecule has 3 aromatic rings. The van der Waals surface area contributed by atoms with Crippen molar-refractivity contribution < 1.29 is 9.21 Å². The van der Waals surface area contributed by atoms with Gasteiger partial charge in [0.15, 0.2) is 0 Å². The van der Waals surface area contributed by atoms with Gasteiger partial charge >= 0.3 is 0 Å². The lowest BCUT2D eigenvalue weighted by Crippen LogP contribution is -2.27. The Bertz CT molecular complexity index is 731. The monoisotopic (exact) mass is 283 g/mol. The van der Waals surface area contributed by atoms with Gasteiger partial charge in [0.05, 0.1) is 31.1 Å². The highest BCUT2D eigenvalue weighted by molar-refractivity contribution is 5.79. The molecular formula is C16H17N3O2. The van der Waals surface area contributed by atoms with E-state index in [0.29, 0.717) is 19.5 Å². The molecule has 0 saturated heterocycles. The molecule has 21 heavy (non-hydrogen) atoms. The molecule has 2 heterocycles. The van der Waals surface area contributed by atoms with Gasteiger partial charge in [0.25, 0.3) is 0 Å². The third kappa shape index (κ3) is 2.97. The van der Waals surface area contributed by atoms with E-state index in [1.165, 1.54) is 0 Å². The quantitative estimate of drug-likeness (QED) is 0.723. The Balaban J connectivity index is 1.60. The van der Waals surface area contributed by atoms with Gasteiger partial charge < -0.3 is 9.32 Å². The van der Waals surface area contributed by atoms with Gasteiger partial charge in [-0.1, -0.05) is 18.2 Å². The van der Waals surface area contributed by atoms with Crippen LogP contribution < -0.4 is 0 Å². The summed E-state index contributed by atoms with van der Waals surface area (Å²) in [5, 5.41) is 5.42. The summed E-state index contributed by atoms with van der Waals surface area (Å²) >= 11 is 0. The second-order valence-corrected chi connectivity index (χ2v) is 5.01. The van der Waals surface area contributed by atoms with E-state index in [1.54, 1.807) is 18.2 Å². The summed E-state index contributed by atoms with van der Waals surface area (Å²) in [6.45, 7) is 1.07. The number of benzene rings is 1. The molecule has 5 heteroatoms. The van der Waals surface area contributed by atoms with Gasteiger partial charge in [0.2, 0.25) is 5.91 Å². The number of rotatable bonds is 5. The minimum Gasteiger partial charge on any atom is -0.467 e. The largest absolute Gasteiger partial charge is 0.467 e. The zero-order valence-corrected chi connectivity index (χ0v) is 11.9. The van der Waals surface area contributed by atoms with E-state index in [1.807, 2.05) is 47.3 Å². The predicted octanol–water partition coefficient (Wildman–Crippen LogP) is 2.68. The first-order valence-corrected chi connectivity index (χ1v) is 6.91. The lowest BCUT2D eigenvalue weighted by molar-refractivity contribution is -0.130. The highest BCUT2D eigenvalue weighted by Crippen LogP contribution is 2.13. The zero-order valence-electron chi connectivity index (χ0n) is 11.9. The highest BCUT2D eigenvalue weighted by Gasteiger charge is 2.11. The lowest BCUT2D eigenvalue weighted by atomic mass is 10.2. The molecule has 1 amide bonds. The average molecular weight is 283 g/mol. The maximum atomic E-state index is 12.1. The van der Waals surface area contributed by atoms with Crippen LogP contribution in [-0.2, 0) is 17.9 Å². The van der Waals surface area contributed by atoms with Gasteiger partial charge in [0.1, 0.15) is 5.76 Å². The third-order valence-corrected chi connectivity index (χ3v) is 3.49. The average Bonchev–Trinajstić information content (AvgIpc) is 3.14. The van der Waals surface area contributed by atoms with E-state index in [4.69, 9.17) is 4.42 Å². The first-order chi connectivity index (χ1) is 10.2. The van der Waals surface area contributed by atoms with Gasteiger partial charge in [-0.25, -0.2) is 0 Å². The summed E-state index contributed by atoms with van der Waals surface area (Å²) in [5.41, 5.74) is 1.05. The Hall–Kier alpha value is -2.56. The first-order valence-electron chi connectivity index (χ1n) is 6.91. The topological polar surface area (TPSA) is 51.3 Å². The summed E-state index contributed by atoms with van der Waals surface area (Å²) in [6, 6.07) is 11.7. The van der Waals surface area contributed by atoms with Gasteiger partial charge in [-0.15, -0.1) is 0 Å². The molecule has 0 unspecified atom stereocenters. The number of para-hydroxylation sites is 1. The molecule has 0 saturated carbocycles. The molecule has 0 N–H and O–H groups in total. The van der Waals surface area contributed by atoms with Crippen LogP contribution in [0, 0.1) is 0 Å². The van der Waals surface area contributed by atoms with Crippen LogP contribution in [0.4, 0.5) is 0 Å². The van der Waals surface area contributed by atoms with Crippen molar-refractivity contribution in [1.82, 2.24) is 14.7 Å². The predicted molar refractivity (Wildman–Crippen MR) is 79.5 cm³/mol. The molecule has 0 radical (unpaired) electrons. The summed E-state index contributed by atoms with van der Waals surface area (Å²) in [4.78, 5) is 13.8. The molecule has 5 nitrogen and oxygen atoms in total. The molecule has 0 aliphatic heterocycles. The number of carbonyl (C=O) groups is 1. The normalized spacial score (nSPS) is 10.9. The second kappa shape index (κ2) is 5.83. The van der Waals surface area contributed by atoms with Gasteiger partial charge in [0, 0.05) is 18.9 Å². The summed E-state index contributed by atoms with van der Waals surface area (Å²) in [5.74, 6) is 0.862. The van der Waals surface area contributed by atoms with Crippen molar-refractivity contribution in [3.05, 3.63) is 54.6 Å². The fourth-order valence-corrected chi connectivity index (χ4v) is 2.32. The third-order valence-electron chi connectivity index (χ3n) is 3.49. The number of aromatic nitrogens is 2. The molecule has 2 aromatic heterocycles. The number of nitrogens with zero attached hydrogens (tertiary/aromatic N) is 3. The maximum absolute atomic E-state index is 12.1. The lowest BCUT2D eigenvalue weighted by Gasteiger charge is -2.15. The Labute approximate surface area is 122 Å². The number of amides is 1. The number of furan rings is 1. The van der Waals surface area contributed by atoms with Crippen LogP contribution >= 0.6 is 0 Å². The zero-order chi connectivity index (χ0) is 14.7. The Morgan fingerprint density at radius 2 is 2.14 bits per heavy atom. The molecular weight excluding hydrogens is 266 g/mol. The molecule has 0 bridgehead atoms. The van der Waals surface area contributed by atoms with Crippen molar-refractivity contribution in [3.8, 4) is 0 Å².